The normalized spacial score (nSPS) is 11.7. The van der Waals surface area contributed by atoms with Crippen LogP contribution < -0.4 is 5.14 Å². The second kappa shape index (κ2) is 7.09. The lowest BCUT2D eigenvalue weighted by Crippen LogP contribution is -2.30. The Hall–Kier alpha value is -2.78. The number of carbonyl (C=O) groups excluding carboxylic acids is 1. The molecule has 7 nitrogen and oxygen atoms in total. The molecule has 0 atom stereocenters. The van der Waals surface area contributed by atoms with Crippen molar-refractivity contribution in [1.29, 1.82) is 0 Å². The number of halogens is 1. The smallest absolute Gasteiger partial charge is 0.256 e. The predicted octanol–water partition coefficient (Wildman–Crippen LogP) is 1.97. The topological polar surface area (TPSA) is 109 Å². The van der Waals surface area contributed by atoms with Gasteiger partial charge in [-0.2, -0.15) is 0 Å². The molecular weight excluding hydrogens is 371 g/mol. The van der Waals surface area contributed by atoms with Crippen LogP contribution in [0.25, 0.3) is 11.0 Å². The van der Waals surface area contributed by atoms with Crippen LogP contribution in [-0.4, -0.2) is 42.8 Å². The van der Waals surface area contributed by atoms with Crippen molar-refractivity contribution in [3.63, 3.8) is 0 Å². The van der Waals surface area contributed by atoms with E-state index < -0.39 is 21.7 Å². The molecule has 1 heterocycles. The summed E-state index contributed by atoms with van der Waals surface area (Å²) in [6.07, 6.45) is 0.437. The van der Waals surface area contributed by atoms with E-state index in [1.54, 1.807) is 0 Å². The summed E-state index contributed by atoms with van der Waals surface area (Å²) >= 11 is 0. The number of amides is 1. The van der Waals surface area contributed by atoms with E-state index in [2.05, 4.69) is 9.97 Å². The van der Waals surface area contributed by atoms with E-state index in [9.17, 15) is 17.6 Å². The highest BCUT2D eigenvalue weighted by atomic mass is 32.2. The number of para-hydroxylation sites is 1. The first-order chi connectivity index (χ1) is 12.7. The van der Waals surface area contributed by atoms with Gasteiger partial charge < -0.3 is 9.88 Å². The molecule has 0 aliphatic heterocycles. The number of likely N-dealkylation sites (N-methyl/N-ethyl adjacent to an activating group) is 1. The maximum absolute atomic E-state index is 14.0. The molecule has 2 aromatic carbocycles. The first kappa shape index (κ1) is 19.0. The molecule has 0 saturated heterocycles. The molecule has 3 aromatic rings. The van der Waals surface area contributed by atoms with Crippen LogP contribution in [0.15, 0.2) is 41.3 Å². The quantitative estimate of drug-likeness (QED) is 0.694. The van der Waals surface area contributed by atoms with Crippen LogP contribution in [0.4, 0.5) is 4.39 Å². The van der Waals surface area contributed by atoms with Crippen molar-refractivity contribution >= 4 is 27.0 Å². The summed E-state index contributed by atoms with van der Waals surface area (Å²) in [5, 5.41) is 5.05. The molecule has 1 amide bonds. The van der Waals surface area contributed by atoms with Gasteiger partial charge in [0, 0.05) is 20.0 Å². The van der Waals surface area contributed by atoms with E-state index in [-0.39, 0.29) is 17.0 Å². The molecule has 3 N–H and O–H groups in total. The summed E-state index contributed by atoms with van der Waals surface area (Å²) < 4.78 is 36.9. The molecule has 9 heteroatoms. The van der Waals surface area contributed by atoms with Crippen LogP contribution in [0.2, 0.25) is 0 Å². The number of fused-ring (bicyclic) bond motifs is 1. The summed E-state index contributed by atoms with van der Waals surface area (Å²) in [5.41, 5.74) is 2.48. The third-order valence-electron chi connectivity index (χ3n) is 4.29. The summed E-state index contributed by atoms with van der Waals surface area (Å²) in [7, 11) is -2.51. The highest BCUT2D eigenvalue weighted by molar-refractivity contribution is 7.89. The summed E-state index contributed by atoms with van der Waals surface area (Å²) in [6, 6.07) is 8.71. The maximum atomic E-state index is 14.0. The lowest BCUT2D eigenvalue weighted by molar-refractivity contribution is 0.0791. The second-order valence-corrected chi connectivity index (χ2v) is 7.88. The lowest BCUT2D eigenvalue weighted by atomic mass is 10.2. The standard InChI is InChI=1S/C18H19FN4O3S/c1-11-4-3-5-15-17(11)22-16(21-15)8-9-23(2)18(24)13-10-12(27(20,25)26)6-7-14(13)19/h3-7,10H,8-9H2,1-2H3,(H,21,22)(H2,20,25,26). The predicted molar refractivity (Wildman–Crippen MR) is 99.3 cm³/mol. The number of benzene rings is 2. The van der Waals surface area contributed by atoms with Crippen molar-refractivity contribution in [2.45, 2.75) is 18.2 Å². The number of hydrogen-bond acceptors (Lipinski definition) is 4. The van der Waals surface area contributed by atoms with Crippen molar-refractivity contribution in [1.82, 2.24) is 14.9 Å². The van der Waals surface area contributed by atoms with Crippen LogP contribution >= 0.6 is 0 Å². The van der Waals surface area contributed by atoms with E-state index >= 15 is 0 Å². The number of aryl methyl sites for hydroxylation is 1. The minimum Gasteiger partial charge on any atom is -0.342 e. The van der Waals surface area contributed by atoms with E-state index in [1.165, 1.54) is 11.9 Å². The number of nitrogens with two attached hydrogens (primary N) is 1. The molecule has 0 fully saturated rings. The van der Waals surface area contributed by atoms with E-state index in [4.69, 9.17) is 5.14 Å². The van der Waals surface area contributed by atoms with Gasteiger partial charge in [0.05, 0.1) is 21.5 Å². The van der Waals surface area contributed by atoms with Crippen LogP contribution in [-0.2, 0) is 16.4 Å². The Morgan fingerprint density at radius 2 is 2.04 bits per heavy atom. The van der Waals surface area contributed by atoms with Gasteiger partial charge in [0.25, 0.3) is 5.91 Å². The number of aromatic nitrogens is 2. The fourth-order valence-corrected chi connectivity index (χ4v) is 3.31. The number of nitrogens with one attached hydrogen (secondary N) is 1. The van der Waals surface area contributed by atoms with E-state index in [0.29, 0.717) is 12.2 Å². The second-order valence-electron chi connectivity index (χ2n) is 6.32. The fraction of sp³-hybridized carbons (Fsp3) is 0.222. The van der Waals surface area contributed by atoms with Gasteiger partial charge in [-0.05, 0) is 36.8 Å². The monoisotopic (exact) mass is 390 g/mol. The average molecular weight is 390 g/mol. The zero-order chi connectivity index (χ0) is 19.8. The number of sulfonamides is 1. The van der Waals surface area contributed by atoms with Crippen molar-refractivity contribution in [2.24, 2.45) is 5.14 Å². The highest BCUT2D eigenvalue weighted by Gasteiger charge is 2.20. The SMILES string of the molecule is Cc1cccc2[nH]c(CCN(C)C(=O)c3cc(S(N)(=O)=O)ccc3F)nc12. The Balaban J connectivity index is 1.76. The van der Waals surface area contributed by atoms with Crippen molar-refractivity contribution in [2.75, 3.05) is 13.6 Å². The lowest BCUT2D eigenvalue weighted by Gasteiger charge is -2.17. The Morgan fingerprint density at radius 1 is 1.30 bits per heavy atom. The molecule has 1 aromatic heterocycles. The minimum absolute atomic E-state index is 0.275. The van der Waals surface area contributed by atoms with E-state index in [0.717, 1.165) is 34.8 Å². The Kier molecular flexibility index (Phi) is 4.99. The zero-order valence-electron chi connectivity index (χ0n) is 14.9. The number of carbonyl (C=O) groups is 1. The summed E-state index contributed by atoms with van der Waals surface area (Å²) in [6.45, 7) is 2.24. The fourth-order valence-electron chi connectivity index (χ4n) is 2.77. The van der Waals surface area contributed by atoms with Crippen LogP contribution in [0.3, 0.4) is 0 Å². The molecule has 0 spiro atoms. The molecular formula is C18H19FN4O3S. The maximum Gasteiger partial charge on any atom is 0.256 e. The van der Waals surface area contributed by atoms with Gasteiger partial charge in [0.2, 0.25) is 10.0 Å². The molecule has 0 saturated carbocycles. The molecule has 3 rings (SSSR count). The Labute approximate surface area is 156 Å². The Bertz CT molecular complexity index is 1120. The average Bonchev–Trinajstić information content (AvgIpc) is 3.03. The number of H-pyrrole nitrogens is 1. The van der Waals surface area contributed by atoms with Gasteiger partial charge in [-0.1, -0.05) is 12.1 Å². The highest BCUT2D eigenvalue weighted by Crippen LogP contribution is 2.17. The van der Waals surface area contributed by atoms with Gasteiger partial charge in [0.15, 0.2) is 0 Å². The van der Waals surface area contributed by atoms with Gasteiger partial charge >= 0.3 is 0 Å². The third kappa shape index (κ3) is 3.99. The van der Waals surface area contributed by atoms with Gasteiger partial charge in [0.1, 0.15) is 11.6 Å². The number of aromatic amines is 1. The van der Waals surface area contributed by atoms with Crippen molar-refractivity contribution in [3.8, 4) is 0 Å². The number of nitrogens with zero attached hydrogens (tertiary/aromatic N) is 2. The molecule has 0 unspecified atom stereocenters. The largest absolute Gasteiger partial charge is 0.342 e. The molecule has 0 aliphatic carbocycles. The summed E-state index contributed by atoms with van der Waals surface area (Å²) in [4.78, 5) is 21.2. The third-order valence-corrected chi connectivity index (χ3v) is 5.20. The number of rotatable bonds is 5. The van der Waals surface area contributed by atoms with E-state index in [1.807, 2.05) is 25.1 Å². The molecule has 0 aliphatic rings. The number of primary sulfonamides is 1. The minimum atomic E-state index is -4.03. The number of imidazole rings is 1. The van der Waals surface area contributed by atoms with Crippen LogP contribution in [0.1, 0.15) is 21.7 Å². The first-order valence-electron chi connectivity index (χ1n) is 8.19. The van der Waals surface area contributed by atoms with Crippen LogP contribution in [0, 0.1) is 12.7 Å². The van der Waals surface area contributed by atoms with Gasteiger partial charge in [-0.25, -0.2) is 22.9 Å². The van der Waals surface area contributed by atoms with Crippen molar-refractivity contribution < 1.29 is 17.6 Å². The van der Waals surface area contributed by atoms with Gasteiger partial charge in [-0.3, -0.25) is 4.79 Å². The zero-order valence-corrected chi connectivity index (χ0v) is 15.7. The van der Waals surface area contributed by atoms with Gasteiger partial charge in [-0.15, -0.1) is 0 Å². The number of hydrogen-bond donors (Lipinski definition) is 2. The summed E-state index contributed by atoms with van der Waals surface area (Å²) in [5.74, 6) is -0.735. The first-order valence-corrected chi connectivity index (χ1v) is 9.73. The van der Waals surface area contributed by atoms with Crippen LogP contribution in [0.5, 0.6) is 0 Å². The molecule has 27 heavy (non-hydrogen) atoms. The molecule has 0 bridgehead atoms. The molecule has 142 valence electrons. The molecule has 0 radical (unpaired) electrons. The Morgan fingerprint density at radius 3 is 2.70 bits per heavy atom. The van der Waals surface area contributed by atoms with Crippen molar-refractivity contribution in [3.05, 3.63) is 59.2 Å².